The second-order valence-corrected chi connectivity index (χ2v) is 5.54. The first-order chi connectivity index (χ1) is 9.74. The van der Waals surface area contributed by atoms with Gasteiger partial charge in [0.05, 0.1) is 6.61 Å². The lowest BCUT2D eigenvalue weighted by Crippen LogP contribution is -2.11. The number of fused-ring (bicyclic) bond motifs is 1. The topological polar surface area (TPSA) is 35.2 Å². The van der Waals surface area contributed by atoms with Crippen LogP contribution in [0.3, 0.4) is 0 Å². The zero-order valence-corrected chi connectivity index (χ0v) is 11.9. The molecule has 0 bridgehead atoms. The van der Waals surface area contributed by atoms with Gasteiger partial charge in [0.2, 0.25) is 0 Å². The monoisotopic (exact) mass is 267 g/mol. The highest BCUT2D eigenvalue weighted by Crippen LogP contribution is 2.28. The molecule has 2 aromatic rings. The molecular weight excluding hydrogens is 246 g/mol. The fourth-order valence-corrected chi connectivity index (χ4v) is 2.81. The number of aryl methyl sites for hydroxylation is 2. The number of nitrogens with two attached hydrogens (primary N) is 1. The quantitative estimate of drug-likeness (QED) is 0.919. The van der Waals surface area contributed by atoms with Gasteiger partial charge in [-0.2, -0.15) is 0 Å². The summed E-state index contributed by atoms with van der Waals surface area (Å²) in [5.41, 5.74) is 11.6. The molecule has 0 saturated heterocycles. The maximum atomic E-state index is 6.35. The third kappa shape index (κ3) is 2.70. The molecule has 20 heavy (non-hydrogen) atoms. The molecule has 1 aliphatic rings. The molecule has 2 heteroatoms. The minimum Gasteiger partial charge on any atom is -0.493 e. The normalized spacial score (nSPS) is 14.7. The van der Waals surface area contributed by atoms with Crippen LogP contribution in [0.1, 0.15) is 34.7 Å². The highest BCUT2D eigenvalue weighted by molar-refractivity contribution is 5.40. The van der Waals surface area contributed by atoms with Crippen LogP contribution < -0.4 is 10.5 Å². The van der Waals surface area contributed by atoms with Crippen LogP contribution in [0.25, 0.3) is 0 Å². The molecule has 2 nitrogen and oxygen atoms in total. The summed E-state index contributed by atoms with van der Waals surface area (Å²) in [6.45, 7) is 2.96. The molecular formula is C18H21NO. The summed E-state index contributed by atoms with van der Waals surface area (Å²) in [4.78, 5) is 0. The van der Waals surface area contributed by atoms with E-state index >= 15 is 0 Å². The summed E-state index contributed by atoms with van der Waals surface area (Å²) in [6, 6.07) is 15.0. The van der Waals surface area contributed by atoms with Gasteiger partial charge in [-0.15, -0.1) is 0 Å². The fraction of sp³-hybridized carbons (Fsp3) is 0.333. The van der Waals surface area contributed by atoms with Crippen molar-refractivity contribution in [1.29, 1.82) is 0 Å². The number of rotatable bonds is 4. The number of benzene rings is 2. The summed E-state index contributed by atoms with van der Waals surface area (Å²) >= 11 is 0. The van der Waals surface area contributed by atoms with Crippen molar-refractivity contribution in [2.75, 3.05) is 6.61 Å². The van der Waals surface area contributed by atoms with E-state index < -0.39 is 0 Å². The van der Waals surface area contributed by atoms with Crippen LogP contribution in [0.4, 0.5) is 0 Å². The van der Waals surface area contributed by atoms with Gasteiger partial charge in [-0.3, -0.25) is 0 Å². The average molecular weight is 267 g/mol. The summed E-state index contributed by atoms with van der Waals surface area (Å²) in [7, 11) is 0. The van der Waals surface area contributed by atoms with Gasteiger partial charge >= 0.3 is 0 Å². The first-order valence-electron chi connectivity index (χ1n) is 7.30. The minimum atomic E-state index is 0.0977. The third-order valence-electron chi connectivity index (χ3n) is 4.13. The van der Waals surface area contributed by atoms with Crippen molar-refractivity contribution in [2.45, 2.75) is 32.2 Å². The van der Waals surface area contributed by atoms with Gasteiger partial charge in [0.1, 0.15) is 5.75 Å². The second-order valence-electron chi connectivity index (χ2n) is 5.54. The summed E-state index contributed by atoms with van der Waals surface area (Å²) < 4.78 is 5.54. The van der Waals surface area contributed by atoms with Crippen LogP contribution in [0.5, 0.6) is 5.75 Å². The number of hydrogen-bond acceptors (Lipinski definition) is 2. The molecule has 1 unspecified atom stereocenters. The van der Waals surface area contributed by atoms with E-state index in [1.54, 1.807) is 0 Å². The molecule has 2 aromatic carbocycles. The van der Waals surface area contributed by atoms with Crippen molar-refractivity contribution >= 4 is 0 Å². The molecule has 0 aliphatic carbocycles. The smallest absolute Gasteiger partial charge is 0.122 e. The molecule has 0 fully saturated rings. The Hall–Kier alpha value is -1.80. The van der Waals surface area contributed by atoms with Gasteiger partial charge < -0.3 is 10.5 Å². The summed E-state index contributed by atoms with van der Waals surface area (Å²) in [5.74, 6) is 1.03. The molecule has 1 aliphatic heterocycles. The van der Waals surface area contributed by atoms with Gasteiger partial charge in [-0.1, -0.05) is 36.4 Å². The van der Waals surface area contributed by atoms with Crippen molar-refractivity contribution in [1.82, 2.24) is 0 Å². The lowest BCUT2D eigenvalue weighted by molar-refractivity contribution is 0.357. The Kier molecular flexibility index (Phi) is 3.75. The Morgan fingerprint density at radius 1 is 1.20 bits per heavy atom. The molecule has 104 valence electrons. The van der Waals surface area contributed by atoms with E-state index in [0.29, 0.717) is 0 Å². The largest absolute Gasteiger partial charge is 0.493 e. The molecule has 3 rings (SSSR count). The highest BCUT2D eigenvalue weighted by Gasteiger charge is 2.14. The Morgan fingerprint density at radius 3 is 2.90 bits per heavy atom. The zero-order valence-electron chi connectivity index (χ0n) is 11.9. The van der Waals surface area contributed by atoms with Gasteiger partial charge in [-0.05, 0) is 48.1 Å². The molecule has 0 spiro atoms. The number of ether oxygens (including phenoxy) is 1. The van der Waals surface area contributed by atoms with Crippen LogP contribution in [-0.4, -0.2) is 6.61 Å². The van der Waals surface area contributed by atoms with E-state index in [2.05, 4.69) is 49.4 Å². The van der Waals surface area contributed by atoms with E-state index in [4.69, 9.17) is 10.5 Å². The van der Waals surface area contributed by atoms with Crippen LogP contribution >= 0.6 is 0 Å². The molecule has 0 saturated carbocycles. The summed E-state index contributed by atoms with van der Waals surface area (Å²) in [6.07, 6.45) is 3.01. The molecule has 0 radical (unpaired) electrons. The molecule has 1 atom stereocenters. The van der Waals surface area contributed by atoms with Crippen molar-refractivity contribution in [3.8, 4) is 5.75 Å². The predicted octanol–water partition coefficient (Wildman–Crippen LogP) is 3.56. The van der Waals surface area contributed by atoms with Crippen molar-refractivity contribution in [3.05, 3.63) is 64.7 Å². The average Bonchev–Trinajstić information content (AvgIpc) is 2.93. The fourth-order valence-electron chi connectivity index (χ4n) is 2.81. The standard InChI is InChI=1S/C18H21NO/c1-13-4-2-3-5-14(13)6-8-17(19)15-7-9-18-16(12-15)10-11-20-18/h2-5,7,9,12,17H,6,8,10-11,19H2,1H3. The Morgan fingerprint density at radius 2 is 2.05 bits per heavy atom. The van der Waals surface area contributed by atoms with Gasteiger partial charge in [-0.25, -0.2) is 0 Å². The first kappa shape index (κ1) is 13.2. The van der Waals surface area contributed by atoms with Crippen LogP contribution in [0, 0.1) is 6.92 Å². The zero-order chi connectivity index (χ0) is 13.9. The second kappa shape index (κ2) is 5.68. The summed E-state index contributed by atoms with van der Waals surface area (Å²) in [5, 5.41) is 0. The van der Waals surface area contributed by atoms with Gasteiger partial charge in [0, 0.05) is 12.5 Å². The molecule has 0 amide bonds. The van der Waals surface area contributed by atoms with E-state index in [9.17, 15) is 0 Å². The Labute approximate surface area is 120 Å². The van der Waals surface area contributed by atoms with Crippen LogP contribution in [0.15, 0.2) is 42.5 Å². The van der Waals surface area contributed by atoms with E-state index in [-0.39, 0.29) is 6.04 Å². The van der Waals surface area contributed by atoms with Crippen molar-refractivity contribution in [2.24, 2.45) is 5.73 Å². The highest BCUT2D eigenvalue weighted by atomic mass is 16.5. The van der Waals surface area contributed by atoms with Gasteiger partial charge in [0.15, 0.2) is 0 Å². The molecule has 0 aromatic heterocycles. The third-order valence-corrected chi connectivity index (χ3v) is 4.13. The van der Waals surface area contributed by atoms with Crippen molar-refractivity contribution in [3.63, 3.8) is 0 Å². The minimum absolute atomic E-state index is 0.0977. The molecule has 2 N–H and O–H groups in total. The van der Waals surface area contributed by atoms with Crippen molar-refractivity contribution < 1.29 is 4.74 Å². The first-order valence-corrected chi connectivity index (χ1v) is 7.30. The lowest BCUT2D eigenvalue weighted by Gasteiger charge is -2.14. The van der Waals surface area contributed by atoms with E-state index in [1.807, 2.05) is 0 Å². The number of hydrogen-bond donors (Lipinski definition) is 1. The van der Waals surface area contributed by atoms with Gasteiger partial charge in [0.25, 0.3) is 0 Å². The Balaban J connectivity index is 1.67. The molecule has 1 heterocycles. The maximum absolute atomic E-state index is 6.35. The van der Waals surface area contributed by atoms with Crippen LogP contribution in [0.2, 0.25) is 0 Å². The maximum Gasteiger partial charge on any atom is 0.122 e. The van der Waals surface area contributed by atoms with E-state index in [1.165, 1.54) is 22.3 Å². The Bertz CT molecular complexity index is 606. The SMILES string of the molecule is Cc1ccccc1CCC(N)c1ccc2c(c1)CCO2. The van der Waals surface area contributed by atoms with Crippen LogP contribution in [-0.2, 0) is 12.8 Å². The predicted molar refractivity (Wildman–Crippen MR) is 82.1 cm³/mol. The lowest BCUT2D eigenvalue weighted by atomic mass is 9.96. The van der Waals surface area contributed by atoms with E-state index in [0.717, 1.165) is 31.6 Å².